The van der Waals surface area contributed by atoms with Crippen LogP contribution in [-0.4, -0.2) is 23.8 Å². The predicted molar refractivity (Wildman–Crippen MR) is 119 cm³/mol. The number of halogens is 1. The third-order valence-electron chi connectivity index (χ3n) is 6.04. The Kier molecular flexibility index (Phi) is 4.45. The van der Waals surface area contributed by atoms with Crippen LogP contribution < -0.4 is 10.5 Å². The van der Waals surface area contributed by atoms with E-state index in [4.69, 9.17) is 17.0 Å². The average Bonchev–Trinajstić information content (AvgIpc) is 3.03. The number of ether oxygens (including phenoxy) is 1. The Bertz CT molecular complexity index is 1330. The number of nitrogens with zero attached hydrogens (tertiary/aromatic N) is 3. The van der Waals surface area contributed by atoms with Crippen molar-refractivity contribution in [1.82, 2.24) is 4.90 Å². The second-order valence-electron chi connectivity index (χ2n) is 7.90. The van der Waals surface area contributed by atoms with Gasteiger partial charge in [-0.15, -0.1) is 0 Å². The third-order valence-corrected chi connectivity index (χ3v) is 6.04. The zero-order chi connectivity index (χ0) is 22.5. The molecule has 1 spiro atoms. The highest BCUT2D eigenvalue weighted by Gasteiger charge is 2.54. The van der Waals surface area contributed by atoms with Crippen molar-refractivity contribution in [2.45, 2.75) is 18.1 Å². The SMILES string of the molecule is [C-]#[N+]c1cccc(-c2ccc3c(c2)C2(CC(c4ccccc4F)O3)N=C(N)N(C)C2=O)c1. The van der Waals surface area contributed by atoms with Crippen LogP contribution in [0, 0.1) is 12.4 Å². The van der Waals surface area contributed by atoms with Gasteiger partial charge < -0.3 is 10.5 Å². The number of hydrogen-bond acceptors (Lipinski definition) is 4. The highest BCUT2D eigenvalue weighted by Crippen LogP contribution is 2.50. The molecule has 7 heteroatoms. The molecule has 2 N–H and O–H groups in total. The van der Waals surface area contributed by atoms with Crippen molar-refractivity contribution in [3.05, 3.63) is 95.1 Å². The lowest BCUT2D eigenvalue weighted by Gasteiger charge is -2.37. The summed E-state index contributed by atoms with van der Waals surface area (Å²) < 4.78 is 20.7. The van der Waals surface area contributed by atoms with E-state index in [9.17, 15) is 9.18 Å². The van der Waals surface area contributed by atoms with Gasteiger partial charge in [-0.25, -0.2) is 14.2 Å². The summed E-state index contributed by atoms with van der Waals surface area (Å²) in [6.07, 6.45) is -0.580. The lowest BCUT2D eigenvalue weighted by Crippen LogP contribution is -2.43. The van der Waals surface area contributed by atoms with Crippen LogP contribution >= 0.6 is 0 Å². The van der Waals surface area contributed by atoms with Crippen LogP contribution in [0.25, 0.3) is 16.0 Å². The number of hydrogen-bond donors (Lipinski definition) is 1. The molecule has 3 aromatic carbocycles. The highest BCUT2D eigenvalue weighted by atomic mass is 19.1. The first-order valence-corrected chi connectivity index (χ1v) is 10.1. The Hall–Kier alpha value is -4.18. The van der Waals surface area contributed by atoms with Crippen molar-refractivity contribution in [1.29, 1.82) is 0 Å². The molecule has 0 saturated carbocycles. The van der Waals surface area contributed by atoms with Gasteiger partial charge in [-0.3, -0.25) is 9.69 Å². The molecule has 2 aliphatic rings. The first-order valence-electron chi connectivity index (χ1n) is 10.1. The van der Waals surface area contributed by atoms with Crippen LogP contribution in [0.4, 0.5) is 10.1 Å². The molecule has 2 heterocycles. The van der Waals surface area contributed by atoms with Gasteiger partial charge in [-0.05, 0) is 35.4 Å². The molecule has 6 nitrogen and oxygen atoms in total. The molecule has 32 heavy (non-hydrogen) atoms. The molecule has 0 radical (unpaired) electrons. The first-order chi connectivity index (χ1) is 15.4. The summed E-state index contributed by atoms with van der Waals surface area (Å²) >= 11 is 0. The topological polar surface area (TPSA) is 72.3 Å². The molecule has 0 fully saturated rings. The summed E-state index contributed by atoms with van der Waals surface area (Å²) in [5.41, 5.74) is 7.84. The maximum atomic E-state index is 14.6. The number of likely N-dealkylation sites (N-methyl/N-ethyl adjacent to an activating group) is 1. The van der Waals surface area contributed by atoms with E-state index < -0.39 is 17.5 Å². The van der Waals surface area contributed by atoms with Gasteiger partial charge in [0.25, 0.3) is 5.91 Å². The molecule has 0 saturated heterocycles. The number of fused-ring (bicyclic) bond motifs is 2. The lowest BCUT2D eigenvalue weighted by atomic mass is 9.79. The van der Waals surface area contributed by atoms with E-state index in [1.165, 1.54) is 11.0 Å². The smallest absolute Gasteiger partial charge is 0.261 e. The van der Waals surface area contributed by atoms with Crippen LogP contribution in [-0.2, 0) is 10.3 Å². The normalized spacial score (nSPS) is 21.7. The molecule has 158 valence electrons. The predicted octanol–water partition coefficient (Wildman–Crippen LogP) is 4.55. The Labute approximate surface area is 184 Å². The van der Waals surface area contributed by atoms with Gasteiger partial charge in [0.2, 0.25) is 0 Å². The number of amides is 1. The lowest BCUT2D eigenvalue weighted by molar-refractivity contribution is -0.132. The van der Waals surface area contributed by atoms with E-state index >= 15 is 0 Å². The van der Waals surface area contributed by atoms with Crippen molar-refractivity contribution >= 4 is 17.6 Å². The first kappa shape index (κ1) is 19.8. The van der Waals surface area contributed by atoms with E-state index in [2.05, 4.69) is 9.84 Å². The molecule has 2 aliphatic heterocycles. The van der Waals surface area contributed by atoms with Crippen molar-refractivity contribution < 1.29 is 13.9 Å². The second kappa shape index (κ2) is 7.20. The molecule has 0 aliphatic carbocycles. The summed E-state index contributed by atoms with van der Waals surface area (Å²) in [5, 5.41) is 0. The number of rotatable bonds is 2. The number of benzene rings is 3. The Morgan fingerprint density at radius 1 is 1.16 bits per heavy atom. The minimum absolute atomic E-state index is 0.107. The fourth-order valence-corrected chi connectivity index (χ4v) is 4.38. The van der Waals surface area contributed by atoms with Gasteiger partial charge in [0, 0.05) is 24.6 Å². The van der Waals surface area contributed by atoms with E-state index in [1.807, 2.05) is 24.3 Å². The maximum Gasteiger partial charge on any atom is 0.261 e. The fraction of sp³-hybridized carbons (Fsp3) is 0.160. The minimum atomic E-state index is -1.31. The second-order valence-corrected chi connectivity index (χ2v) is 7.90. The molecule has 1 amide bonds. The van der Waals surface area contributed by atoms with Crippen molar-refractivity contribution in [2.75, 3.05) is 7.05 Å². The zero-order valence-corrected chi connectivity index (χ0v) is 17.2. The number of nitrogens with two attached hydrogens (primary N) is 1. The van der Waals surface area contributed by atoms with Gasteiger partial charge in [0.1, 0.15) is 17.7 Å². The van der Waals surface area contributed by atoms with Crippen LogP contribution in [0.2, 0.25) is 0 Å². The third kappa shape index (κ3) is 2.92. The Balaban J connectivity index is 1.68. The average molecular weight is 426 g/mol. The number of aliphatic imine (C=N–C) groups is 1. The van der Waals surface area contributed by atoms with Gasteiger partial charge in [-0.2, -0.15) is 0 Å². The van der Waals surface area contributed by atoms with E-state index in [0.717, 1.165) is 11.1 Å². The van der Waals surface area contributed by atoms with Crippen LogP contribution in [0.3, 0.4) is 0 Å². The molecule has 2 atom stereocenters. The molecular formula is C25H19FN4O2. The minimum Gasteiger partial charge on any atom is -0.485 e. The Morgan fingerprint density at radius 3 is 2.66 bits per heavy atom. The molecule has 5 rings (SSSR count). The van der Waals surface area contributed by atoms with Crippen molar-refractivity contribution in [3.8, 4) is 16.9 Å². The monoisotopic (exact) mass is 426 g/mol. The molecular weight excluding hydrogens is 407 g/mol. The van der Waals surface area contributed by atoms with Gasteiger partial charge >= 0.3 is 0 Å². The van der Waals surface area contributed by atoms with Gasteiger partial charge in [0.05, 0.1) is 6.57 Å². The number of carbonyl (C=O) groups is 1. The van der Waals surface area contributed by atoms with E-state index in [0.29, 0.717) is 22.6 Å². The summed E-state index contributed by atoms with van der Waals surface area (Å²) in [6.45, 7) is 7.27. The summed E-state index contributed by atoms with van der Waals surface area (Å²) in [6, 6.07) is 19.1. The van der Waals surface area contributed by atoms with Gasteiger partial charge in [-0.1, -0.05) is 42.5 Å². The standard InChI is InChI=1S/C25H19FN4O2/c1-28-17-7-5-6-15(12-17)16-10-11-21-19(13-16)25(23(31)30(2)24(27)29-25)14-22(32-21)18-8-3-4-9-20(18)26/h3-13,22H,14H2,2H3,(H2,27,29). The summed E-state index contributed by atoms with van der Waals surface area (Å²) in [7, 11) is 1.58. The number of carbonyl (C=O) groups excluding carboxylic acids is 1. The fourth-order valence-electron chi connectivity index (χ4n) is 4.38. The molecule has 3 aromatic rings. The van der Waals surface area contributed by atoms with Crippen LogP contribution in [0.15, 0.2) is 71.7 Å². The van der Waals surface area contributed by atoms with Gasteiger partial charge in [0.15, 0.2) is 17.2 Å². The highest BCUT2D eigenvalue weighted by molar-refractivity contribution is 6.07. The Morgan fingerprint density at radius 2 is 1.94 bits per heavy atom. The van der Waals surface area contributed by atoms with Crippen molar-refractivity contribution in [2.24, 2.45) is 10.7 Å². The van der Waals surface area contributed by atoms with Crippen LogP contribution in [0.5, 0.6) is 5.75 Å². The van der Waals surface area contributed by atoms with E-state index in [1.54, 1.807) is 43.4 Å². The molecule has 2 unspecified atom stereocenters. The molecule has 0 bridgehead atoms. The summed E-state index contributed by atoms with van der Waals surface area (Å²) in [5.74, 6) is -0.127. The number of guanidine groups is 1. The summed E-state index contributed by atoms with van der Waals surface area (Å²) in [4.78, 5) is 22.8. The zero-order valence-electron chi connectivity index (χ0n) is 17.2. The maximum absolute atomic E-state index is 14.6. The largest absolute Gasteiger partial charge is 0.485 e. The van der Waals surface area contributed by atoms with E-state index in [-0.39, 0.29) is 18.3 Å². The van der Waals surface area contributed by atoms with Crippen molar-refractivity contribution in [3.63, 3.8) is 0 Å². The molecule has 0 aromatic heterocycles. The van der Waals surface area contributed by atoms with Crippen LogP contribution in [0.1, 0.15) is 23.7 Å². The quantitative estimate of drug-likeness (QED) is 0.611.